The molecule has 0 aromatic carbocycles. The molecule has 3 aliphatic heterocycles. The fraction of sp³-hybridized carbons (Fsp3) is 0.917. The van der Waals surface area contributed by atoms with Crippen LogP contribution in [0.1, 0.15) is 12.8 Å². The Morgan fingerprint density at radius 1 is 1.24 bits per heavy atom. The molecule has 0 spiro atoms. The van der Waals surface area contributed by atoms with E-state index in [9.17, 15) is 4.79 Å². The Balaban J connectivity index is 1.45. The average molecular weight is 255 g/mol. The van der Waals surface area contributed by atoms with Crippen LogP contribution in [0, 0.1) is 0 Å². The Labute approximate surface area is 107 Å². The van der Waals surface area contributed by atoms with E-state index in [2.05, 4.69) is 15.1 Å². The number of carbonyl (C=O) groups excluding carboxylic acids is 1. The molecule has 3 heterocycles. The van der Waals surface area contributed by atoms with Gasteiger partial charge < -0.3 is 10.2 Å². The molecule has 3 rings (SSSR count). The fourth-order valence-corrected chi connectivity index (χ4v) is 4.13. The molecule has 1 N–H and O–H groups in total. The van der Waals surface area contributed by atoms with Crippen molar-refractivity contribution in [3.63, 3.8) is 0 Å². The van der Waals surface area contributed by atoms with Crippen LogP contribution >= 0.6 is 11.8 Å². The number of amides is 1. The highest BCUT2D eigenvalue weighted by atomic mass is 32.2. The summed E-state index contributed by atoms with van der Waals surface area (Å²) in [5, 5.41) is 3.65. The zero-order valence-corrected chi connectivity index (χ0v) is 11.0. The number of nitrogens with one attached hydrogen (secondary N) is 1. The Bertz CT molecular complexity index is 281. The fourth-order valence-electron chi connectivity index (χ4n) is 2.89. The molecule has 1 atom stereocenters. The monoisotopic (exact) mass is 255 g/mol. The predicted molar refractivity (Wildman–Crippen MR) is 70.3 cm³/mol. The first-order valence-electron chi connectivity index (χ1n) is 6.70. The lowest BCUT2D eigenvalue weighted by Crippen LogP contribution is -2.64. The van der Waals surface area contributed by atoms with E-state index in [-0.39, 0.29) is 5.25 Å². The van der Waals surface area contributed by atoms with Crippen LogP contribution in [0.5, 0.6) is 0 Å². The van der Waals surface area contributed by atoms with E-state index in [1.807, 2.05) is 11.8 Å². The summed E-state index contributed by atoms with van der Waals surface area (Å²) in [6, 6.07) is 0.632. The zero-order valence-electron chi connectivity index (χ0n) is 10.2. The number of piperazine rings is 1. The summed E-state index contributed by atoms with van der Waals surface area (Å²) < 4.78 is 0. The maximum Gasteiger partial charge on any atom is 0.235 e. The topological polar surface area (TPSA) is 35.6 Å². The van der Waals surface area contributed by atoms with Gasteiger partial charge in [-0.15, -0.1) is 11.8 Å². The maximum atomic E-state index is 12.1. The third-order valence-corrected chi connectivity index (χ3v) is 5.41. The highest BCUT2D eigenvalue weighted by Gasteiger charge is 2.38. The molecule has 3 saturated heterocycles. The highest BCUT2D eigenvalue weighted by Crippen LogP contribution is 2.29. The third-order valence-electron chi connectivity index (χ3n) is 4.05. The number of hydrogen-bond acceptors (Lipinski definition) is 4. The first-order valence-corrected chi connectivity index (χ1v) is 7.74. The molecular formula is C12H21N3OS. The van der Waals surface area contributed by atoms with Gasteiger partial charge in [0.2, 0.25) is 5.91 Å². The second kappa shape index (κ2) is 5.16. The van der Waals surface area contributed by atoms with Crippen LogP contribution in [0.25, 0.3) is 0 Å². The highest BCUT2D eigenvalue weighted by molar-refractivity contribution is 8.00. The van der Waals surface area contributed by atoms with Gasteiger partial charge in [-0.2, -0.15) is 0 Å². The van der Waals surface area contributed by atoms with E-state index in [1.165, 1.54) is 12.2 Å². The van der Waals surface area contributed by atoms with Gasteiger partial charge >= 0.3 is 0 Å². The molecule has 17 heavy (non-hydrogen) atoms. The van der Waals surface area contributed by atoms with Gasteiger partial charge in [0.15, 0.2) is 0 Å². The van der Waals surface area contributed by atoms with Crippen molar-refractivity contribution in [2.45, 2.75) is 24.1 Å². The van der Waals surface area contributed by atoms with Gasteiger partial charge in [-0.25, -0.2) is 0 Å². The Morgan fingerprint density at radius 3 is 2.65 bits per heavy atom. The molecule has 3 aliphatic rings. The first-order chi connectivity index (χ1) is 8.34. The van der Waals surface area contributed by atoms with Crippen LogP contribution in [-0.4, -0.2) is 72.0 Å². The minimum Gasteiger partial charge on any atom is -0.338 e. The standard InChI is InChI=1S/C12H21N3OS/c16-12(11-2-1-7-17-11)15-8-10(9-15)14-5-3-13-4-6-14/h10-11,13H,1-9H2. The van der Waals surface area contributed by atoms with E-state index in [0.717, 1.165) is 45.7 Å². The lowest BCUT2D eigenvalue weighted by atomic mass is 10.0. The van der Waals surface area contributed by atoms with Crippen molar-refractivity contribution in [2.75, 3.05) is 45.0 Å². The molecule has 96 valence electrons. The molecule has 0 bridgehead atoms. The summed E-state index contributed by atoms with van der Waals surface area (Å²) in [4.78, 5) is 16.7. The van der Waals surface area contributed by atoms with Crippen molar-refractivity contribution in [2.24, 2.45) is 0 Å². The summed E-state index contributed by atoms with van der Waals surface area (Å²) in [6.45, 7) is 6.42. The van der Waals surface area contributed by atoms with Gasteiger partial charge in [0.05, 0.1) is 5.25 Å². The largest absolute Gasteiger partial charge is 0.338 e. The normalized spacial score (nSPS) is 31.5. The van der Waals surface area contributed by atoms with E-state index in [0.29, 0.717) is 11.9 Å². The molecule has 0 aromatic rings. The number of hydrogen-bond donors (Lipinski definition) is 1. The lowest BCUT2D eigenvalue weighted by Gasteiger charge is -2.47. The molecule has 4 nitrogen and oxygen atoms in total. The van der Waals surface area contributed by atoms with Crippen molar-refractivity contribution in [3.8, 4) is 0 Å². The summed E-state index contributed by atoms with van der Waals surface area (Å²) in [5.74, 6) is 1.57. The number of likely N-dealkylation sites (tertiary alicyclic amines) is 1. The molecule has 5 heteroatoms. The van der Waals surface area contributed by atoms with Crippen LogP contribution in [0.2, 0.25) is 0 Å². The zero-order chi connectivity index (χ0) is 11.7. The average Bonchev–Trinajstić information content (AvgIpc) is 2.81. The van der Waals surface area contributed by atoms with Gasteiger partial charge in [-0.05, 0) is 18.6 Å². The number of carbonyl (C=O) groups is 1. The molecule has 0 aliphatic carbocycles. The molecule has 1 amide bonds. The van der Waals surface area contributed by atoms with Crippen molar-refractivity contribution in [1.82, 2.24) is 15.1 Å². The quantitative estimate of drug-likeness (QED) is 0.753. The summed E-state index contributed by atoms with van der Waals surface area (Å²) in [5.41, 5.74) is 0. The summed E-state index contributed by atoms with van der Waals surface area (Å²) >= 11 is 1.85. The maximum absolute atomic E-state index is 12.1. The Hall–Kier alpha value is -0.260. The van der Waals surface area contributed by atoms with Gasteiger partial charge in [-0.3, -0.25) is 9.69 Å². The summed E-state index contributed by atoms with van der Waals surface area (Å²) in [6.07, 6.45) is 2.31. The van der Waals surface area contributed by atoms with E-state index in [1.54, 1.807) is 0 Å². The van der Waals surface area contributed by atoms with Crippen LogP contribution in [0.15, 0.2) is 0 Å². The lowest BCUT2D eigenvalue weighted by molar-refractivity contribution is -0.138. The molecular weight excluding hydrogens is 234 g/mol. The Kier molecular flexibility index (Phi) is 3.59. The van der Waals surface area contributed by atoms with Crippen LogP contribution in [0.4, 0.5) is 0 Å². The Morgan fingerprint density at radius 2 is 2.00 bits per heavy atom. The van der Waals surface area contributed by atoms with E-state index < -0.39 is 0 Å². The van der Waals surface area contributed by atoms with Crippen molar-refractivity contribution < 1.29 is 4.79 Å². The second-order valence-corrected chi connectivity index (χ2v) is 6.50. The van der Waals surface area contributed by atoms with Gasteiger partial charge in [0.25, 0.3) is 0 Å². The SMILES string of the molecule is O=C(C1CCCS1)N1CC(N2CCNCC2)C1. The second-order valence-electron chi connectivity index (χ2n) is 5.18. The third kappa shape index (κ3) is 2.46. The van der Waals surface area contributed by atoms with Crippen LogP contribution in [0.3, 0.4) is 0 Å². The summed E-state index contributed by atoms with van der Waals surface area (Å²) in [7, 11) is 0. The van der Waals surface area contributed by atoms with Gasteiger partial charge in [0.1, 0.15) is 0 Å². The molecule has 0 aromatic heterocycles. The minimum atomic E-state index is 0.277. The van der Waals surface area contributed by atoms with Crippen LogP contribution in [-0.2, 0) is 4.79 Å². The van der Waals surface area contributed by atoms with E-state index >= 15 is 0 Å². The van der Waals surface area contributed by atoms with Crippen molar-refractivity contribution in [1.29, 1.82) is 0 Å². The number of rotatable bonds is 2. The first kappa shape index (κ1) is 11.8. The van der Waals surface area contributed by atoms with Gasteiger partial charge in [-0.1, -0.05) is 0 Å². The van der Waals surface area contributed by atoms with Crippen LogP contribution < -0.4 is 5.32 Å². The minimum absolute atomic E-state index is 0.277. The molecule has 1 unspecified atom stereocenters. The number of nitrogens with zero attached hydrogens (tertiary/aromatic N) is 2. The molecule has 0 radical (unpaired) electrons. The molecule has 3 fully saturated rings. The number of thioether (sulfide) groups is 1. The van der Waals surface area contributed by atoms with Crippen molar-refractivity contribution in [3.05, 3.63) is 0 Å². The molecule has 0 saturated carbocycles. The predicted octanol–water partition coefficient (Wildman–Crippen LogP) is -0.00200. The van der Waals surface area contributed by atoms with Gasteiger partial charge in [0, 0.05) is 45.3 Å². The van der Waals surface area contributed by atoms with E-state index in [4.69, 9.17) is 0 Å². The smallest absolute Gasteiger partial charge is 0.235 e. The van der Waals surface area contributed by atoms with Crippen molar-refractivity contribution >= 4 is 17.7 Å².